The fourth-order valence-corrected chi connectivity index (χ4v) is 4.63. The van der Waals surface area contributed by atoms with E-state index in [1.54, 1.807) is 23.6 Å². The van der Waals surface area contributed by atoms with Gasteiger partial charge in [0, 0.05) is 4.75 Å². The Kier molecular flexibility index (Phi) is 3.49. The smallest absolute Gasteiger partial charge is 0.330 e. The number of thioether (sulfide) groups is 1. The first-order valence-electron chi connectivity index (χ1n) is 7.25. The van der Waals surface area contributed by atoms with Gasteiger partial charge in [0.25, 0.3) is 0 Å². The SMILES string of the molecule is CC1(C)S[C@H]2N(C(=O)[C@@]2(C)N)[C@H]1C(=O)OCc1ccccc1. The number of fused-ring (bicyclic) bond motifs is 1. The highest BCUT2D eigenvalue weighted by Crippen LogP contribution is 2.54. The maximum absolute atomic E-state index is 12.5. The lowest BCUT2D eigenvalue weighted by atomic mass is 9.87. The second-order valence-electron chi connectivity index (χ2n) is 6.56. The zero-order valence-corrected chi connectivity index (χ0v) is 13.7. The minimum absolute atomic E-state index is 0.163. The molecule has 2 fully saturated rings. The van der Waals surface area contributed by atoms with Crippen LogP contribution in [0.4, 0.5) is 0 Å². The van der Waals surface area contributed by atoms with Crippen molar-refractivity contribution in [3.05, 3.63) is 35.9 Å². The van der Waals surface area contributed by atoms with Gasteiger partial charge in [-0.05, 0) is 26.3 Å². The third-order valence-corrected chi connectivity index (χ3v) is 6.03. The maximum Gasteiger partial charge on any atom is 0.330 e. The number of rotatable bonds is 3. The Bertz CT molecular complexity index is 615. The number of ether oxygens (including phenoxy) is 1. The average Bonchev–Trinajstić information content (AvgIpc) is 2.76. The van der Waals surface area contributed by atoms with Crippen molar-refractivity contribution in [3.63, 3.8) is 0 Å². The van der Waals surface area contributed by atoms with Crippen molar-refractivity contribution < 1.29 is 14.3 Å². The highest BCUT2D eigenvalue weighted by atomic mass is 32.2. The molecule has 2 heterocycles. The van der Waals surface area contributed by atoms with Crippen LogP contribution in [-0.4, -0.2) is 38.5 Å². The number of hydrogen-bond acceptors (Lipinski definition) is 5. The van der Waals surface area contributed by atoms with Gasteiger partial charge in [-0.1, -0.05) is 30.3 Å². The molecular weight excluding hydrogens is 300 g/mol. The Balaban J connectivity index is 1.73. The van der Waals surface area contributed by atoms with E-state index in [0.29, 0.717) is 0 Å². The van der Waals surface area contributed by atoms with Gasteiger partial charge in [0.05, 0.1) is 0 Å². The van der Waals surface area contributed by atoms with Gasteiger partial charge in [-0.2, -0.15) is 0 Å². The summed E-state index contributed by atoms with van der Waals surface area (Å²) in [5.74, 6) is -0.551. The summed E-state index contributed by atoms with van der Waals surface area (Å²) in [4.78, 5) is 26.3. The van der Waals surface area contributed by atoms with Gasteiger partial charge in [-0.15, -0.1) is 11.8 Å². The second-order valence-corrected chi connectivity index (χ2v) is 8.30. The number of benzene rings is 1. The molecule has 2 aliphatic rings. The van der Waals surface area contributed by atoms with Gasteiger partial charge >= 0.3 is 5.97 Å². The molecule has 3 atom stereocenters. The van der Waals surface area contributed by atoms with Crippen molar-refractivity contribution in [2.24, 2.45) is 5.73 Å². The first-order valence-corrected chi connectivity index (χ1v) is 8.13. The first-order chi connectivity index (χ1) is 10.2. The molecule has 0 spiro atoms. The Labute approximate surface area is 134 Å². The molecule has 0 saturated carbocycles. The molecule has 1 amide bonds. The Hall–Kier alpha value is -1.53. The van der Waals surface area contributed by atoms with E-state index in [1.807, 2.05) is 44.2 Å². The van der Waals surface area contributed by atoms with Crippen molar-refractivity contribution in [3.8, 4) is 0 Å². The zero-order chi connectivity index (χ0) is 16.1. The molecule has 1 aromatic rings. The third-order valence-electron chi connectivity index (χ3n) is 4.26. The molecule has 0 unspecified atom stereocenters. The van der Waals surface area contributed by atoms with E-state index in [4.69, 9.17) is 10.5 Å². The molecule has 2 aliphatic heterocycles. The molecule has 118 valence electrons. The summed E-state index contributed by atoms with van der Waals surface area (Å²) < 4.78 is 5.02. The zero-order valence-electron chi connectivity index (χ0n) is 12.9. The number of β-lactam (4-membered cyclic amide) rings is 1. The topological polar surface area (TPSA) is 72.6 Å². The molecule has 0 aromatic heterocycles. The highest BCUT2D eigenvalue weighted by molar-refractivity contribution is 8.01. The lowest BCUT2D eigenvalue weighted by Gasteiger charge is -2.49. The van der Waals surface area contributed by atoms with Crippen LogP contribution >= 0.6 is 11.8 Å². The molecule has 0 bridgehead atoms. The molecule has 2 saturated heterocycles. The molecule has 0 radical (unpaired) electrons. The molecular formula is C16H20N2O3S. The van der Waals surface area contributed by atoms with E-state index in [-0.39, 0.29) is 23.9 Å². The number of amides is 1. The van der Waals surface area contributed by atoms with Crippen molar-refractivity contribution in [2.45, 2.75) is 49.1 Å². The van der Waals surface area contributed by atoms with Crippen LogP contribution in [0.3, 0.4) is 0 Å². The number of carbonyl (C=O) groups excluding carboxylic acids is 2. The van der Waals surface area contributed by atoms with E-state index in [0.717, 1.165) is 5.56 Å². The van der Waals surface area contributed by atoms with E-state index in [2.05, 4.69) is 0 Å². The van der Waals surface area contributed by atoms with E-state index in [9.17, 15) is 9.59 Å². The predicted molar refractivity (Wildman–Crippen MR) is 84.9 cm³/mol. The summed E-state index contributed by atoms with van der Waals surface area (Å²) in [6.45, 7) is 5.84. The largest absolute Gasteiger partial charge is 0.459 e. The van der Waals surface area contributed by atoms with Crippen LogP contribution in [-0.2, 0) is 20.9 Å². The van der Waals surface area contributed by atoms with Crippen LogP contribution in [0.25, 0.3) is 0 Å². The molecule has 3 rings (SSSR count). The fourth-order valence-electron chi connectivity index (χ4n) is 3.04. The molecule has 22 heavy (non-hydrogen) atoms. The summed E-state index contributed by atoms with van der Waals surface area (Å²) in [7, 11) is 0. The molecule has 0 aliphatic carbocycles. The number of nitrogens with two attached hydrogens (primary N) is 1. The lowest BCUT2D eigenvalue weighted by Crippen LogP contribution is -2.76. The summed E-state index contributed by atoms with van der Waals surface area (Å²) in [6, 6.07) is 8.91. The minimum atomic E-state index is -0.892. The van der Waals surface area contributed by atoms with Crippen molar-refractivity contribution in [1.82, 2.24) is 4.90 Å². The molecule has 1 aromatic carbocycles. The lowest BCUT2D eigenvalue weighted by molar-refractivity contribution is -0.168. The summed E-state index contributed by atoms with van der Waals surface area (Å²) in [5.41, 5.74) is 6.07. The Morgan fingerprint density at radius 2 is 1.95 bits per heavy atom. The van der Waals surface area contributed by atoms with Gasteiger partial charge in [0.15, 0.2) is 0 Å². The Morgan fingerprint density at radius 3 is 2.59 bits per heavy atom. The summed E-state index contributed by atoms with van der Waals surface area (Å²) >= 11 is 1.57. The van der Waals surface area contributed by atoms with Crippen LogP contribution in [0, 0.1) is 0 Å². The van der Waals surface area contributed by atoms with Gasteiger partial charge < -0.3 is 15.4 Å². The van der Waals surface area contributed by atoms with E-state index in [1.165, 1.54) is 0 Å². The van der Waals surface area contributed by atoms with Crippen molar-refractivity contribution in [2.75, 3.05) is 0 Å². The van der Waals surface area contributed by atoms with Crippen LogP contribution in [0.15, 0.2) is 30.3 Å². The van der Waals surface area contributed by atoms with Crippen LogP contribution in [0.2, 0.25) is 0 Å². The minimum Gasteiger partial charge on any atom is -0.459 e. The monoisotopic (exact) mass is 320 g/mol. The normalized spacial score (nSPS) is 32.4. The van der Waals surface area contributed by atoms with Crippen LogP contribution in [0.5, 0.6) is 0 Å². The third kappa shape index (κ3) is 2.21. The number of esters is 1. The van der Waals surface area contributed by atoms with E-state index >= 15 is 0 Å². The first kappa shape index (κ1) is 15.4. The highest BCUT2D eigenvalue weighted by Gasteiger charge is 2.68. The summed E-state index contributed by atoms with van der Waals surface area (Å²) in [5, 5.41) is -0.163. The van der Waals surface area contributed by atoms with Gasteiger partial charge in [0.1, 0.15) is 23.6 Å². The fraction of sp³-hybridized carbons (Fsp3) is 0.500. The molecule has 6 heteroatoms. The van der Waals surface area contributed by atoms with E-state index < -0.39 is 16.3 Å². The van der Waals surface area contributed by atoms with Gasteiger partial charge in [-0.3, -0.25) is 4.79 Å². The maximum atomic E-state index is 12.5. The number of hydrogen-bond donors (Lipinski definition) is 1. The van der Waals surface area contributed by atoms with Gasteiger partial charge in [0.2, 0.25) is 5.91 Å². The van der Waals surface area contributed by atoms with Crippen molar-refractivity contribution in [1.29, 1.82) is 0 Å². The molecule has 2 N–H and O–H groups in total. The van der Waals surface area contributed by atoms with Crippen molar-refractivity contribution >= 4 is 23.6 Å². The predicted octanol–water partition coefficient (Wildman–Crippen LogP) is 1.51. The van der Waals surface area contributed by atoms with Crippen LogP contribution in [0.1, 0.15) is 26.3 Å². The number of nitrogens with zero attached hydrogens (tertiary/aromatic N) is 1. The second kappa shape index (κ2) is 4.99. The summed E-state index contributed by atoms with van der Waals surface area (Å²) in [6.07, 6.45) is 0. The van der Waals surface area contributed by atoms with Crippen LogP contribution < -0.4 is 5.73 Å². The number of carbonyl (C=O) groups is 2. The Morgan fingerprint density at radius 1 is 1.32 bits per heavy atom. The molecule has 5 nitrogen and oxygen atoms in total. The van der Waals surface area contributed by atoms with Gasteiger partial charge in [-0.25, -0.2) is 4.79 Å². The average molecular weight is 320 g/mol. The quantitative estimate of drug-likeness (QED) is 0.675. The standard InChI is InChI=1S/C16H20N2O3S/c1-15(2)11(18-13(20)16(3,17)14(18)22-15)12(19)21-9-10-7-5-4-6-8-10/h4-8,11,14H,9,17H2,1-3H3/t11-,14+,16+/m0/s1.